The number of rotatable bonds is 3. The number of hydrogen-bond donors (Lipinski definition) is 0. The first-order chi connectivity index (χ1) is 10.2. The summed E-state index contributed by atoms with van der Waals surface area (Å²) in [7, 11) is 1.71. The molecule has 0 N–H and O–H groups in total. The lowest BCUT2D eigenvalue weighted by molar-refractivity contribution is -0.143. The van der Waals surface area contributed by atoms with Gasteiger partial charge in [0.2, 0.25) is 11.8 Å². The number of nitrogens with zero attached hydrogens (tertiary/aromatic N) is 2. The average Bonchev–Trinajstić information content (AvgIpc) is 2.93. The third kappa shape index (κ3) is 3.07. The normalized spacial score (nSPS) is 27.8. The van der Waals surface area contributed by atoms with Gasteiger partial charge in [0, 0.05) is 45.1 Å². The summed E-state index contributed by atoms with van der Waals surface area (Å²) in [6.07, 6.45) is 6.11. The predicted molar refractivity (Wildman–Crippen MR) is 78.6 cm³/mol. The molecule has 2 amide bonds. The Hall–Kier alpha value is -1.10. The molecule has 118 valence electrons. The van der Waals surface area contributed by atoms with Crippen LogP contribution in [-0.4, -0.2) is 61.0 Å². The lowest BCUT2D eigenvalue weighted by Crippen LogP contribution is -2.46. The number of hydrogen-bond acceptors (Lipinski definition) is 3. The van der Waals surface area contributed by atoms with Crippen molar-refractivity contribution in [3.63, 3.8) is 0 Å². The van der Waals surface area contributed by atoms with Gasteiger partial charge in [-0.15, -0.1) is 0 Å². The zero-order valence-corrected chi connectivity index (χ0v) is 12.9. The molecule has 0 aromatic carbocycles. The van der Waals surface area contributed by atoms with Crippen LogP contribution in [0.3, 0.4) is 0 Å². The van der Waals surface area contributed by atoms with Crippen molar-refractivity contribution in [3.05, 3.63) is 0 Å². The fourth-order valence-electron chi connectivity index (χ4n) is 3.64. The van der Waals surface area contributed by atoms with Gasteiger partial charge in [0.25, 0.3) is 0 Å². The lowest BCUT2D eigenvalue weighted by Gasteiger charge is -2.37. The van der Waals surface area contributed by atoms with Gasteiger partial charge in [0.05, 0.1) is 6.10 Å². The van der Waals surface area contributed by atoms with E-state index in [4.69, 9.17) is 4.74 Å². The summed E-state index contributed by atoms with van der Waals surface area (Å²) in [5.41, 5.74) is 0. The molecule has 0 bridgehead atoms. The molecular formula is C16H26N2O3. The minimum atomic E-state index is 0.103. The standard InChI is InChI=1S/C16H26N2O3/c1-21-14-7-10-18(11-14)16(20)13-5-8-17(9-6-13)15(19)12-3-2-4-12/h12-14H,2-11H2,1H3/t14-/m0/s1. The fourth-order valence-corrected chi connectivity index (χ4v) is 3.64. The number of piperidine rings is 1. The van der Waals surface area contributed by atoms with Gasteiger partial charge in [-0.05, 0) is 32.1 Å². The fraction of sp³-hybridized carbons (Fsp3) is 0.875. The zero-order chi connectivity index (χ0) is 14.8. The highest BCUT2D eigenvalue weighted by atomic mass is 16.5. The second-order valence-corrected chi connectivity index (χ2v) is 6.66. The van der Waals surface area contributed by atoms with Crippen molar-refractivity contribution in [2.75, 3.05) is 33.3 Å². The van der Waals surface area contributed by atoms with Gasteiger partial charge in [-0.1, -0.05) is 6.42 Å². The van der Waals surface area contributed by atoms with Crippen molar-refractivity contribution in [2.45, 2.75) is 44.6 Å². The molecule has 0 spiro atoms. The number of methoxy groups -OCH3 is 1. The maximum Gasteiger partial charge on any atom is 0.225 e. The second-order valence-electron chi connectivity index (χ2n) is 6.66. The van der Waals surface area contributed by atoms with Crippen LogP contribution >= 0.6 is 0 Å². The van der Waals surface area contributed by atoms with Crippen molar-refractivity contribution in [3.8, 4) is 0 Å². The Bertz CT molecular complexity index is 400. The van der Waals surface area contributed by atoms with Crippen molar-refractivity contribution in [1.29, 1.82) is 0 Å². The summed E-state index contributed by atoms with van der Waals surface area (Å²) in [5, 5.41) is 0. The number of amides is 2. The van der Waals surface area contributed by atoms with Gasteiger partial charge < -0.3 is 14.5 Å². The minimum Gasteiger partial charge on any atom is -0.380 e. The molecule has 0 aromatic heterocycles. The minimum absolute atomic E-state index is 0.103. The van der Waals surface area contributed by atoms with E-state index >= 15 is 0 Å². The van der Waals surface area contributed by atoms with Crippen LogP contribution in [0.5, 0.6) is 0 Å². The molecule has 3 aliphatic rings. The van der Waals surface area contributed by atoms with E-state index in [2.05, 4.69) is 0 Å². The maximum absolute atomic E-state index is 12.5. The third-order valence-electron chi connectivity index (χ3n) is 5.40. The predicted octanol–water partition coefficient (Wildman–Crippen LogP) is 1.27. The molecule has 5 nitrogen and oxygen atoms in total. The molecule has 2 heterocycles. The van der Waals surface area contributed by atoms with Gasteiger partial charge in [-0.3, -0.25) is 9.59 Å². The van der Waals surface area contributed by atoms with Crippen LogP contribution in [0.2, 0.25) is 0 Å². The topological polar surface area (TPSA) is 49.9 Å². The first-order valence-electron chi connectivity index (χ1n) is 8.29. The molecule has 3 fully saturated rings. The highest BCUT2D eigenvalue weighted by Gasteiger charge is 2.36. The van der Waals surface area contributed by atoms with E-state index in [-0.39, 0.29) is 23.8 Å². The van der Waals surface area contributed by atoms with Crippen LogP contribution in [0.1, 0.15) is 38.5 Å². The van der Waals surface area contributed by atoms with Crippen LogP contribution in [0.15, 0.2) is 0 Å². The Kier molecular flexibility index (Phi) is 4.48. The van der Waals surface area contributed by atoms with Crippen LogP contribution in [0, 0.1) is 11.8 Å². The number of ether oxygens (including phenoxy) is 1. The van der Waals surface area contributed by atoms with Crippen LogP contribution in [-0.2, 0) is 14.3 Å². The molecule has 2 saturated heterocycles. The maximum atomic E-state index is 12.5. The molecule has 21 heavy (non-hydrogen) atoms. The first-order valence-corrected chi connectivity index (χ1v) is 8.29. The summed E-state index contributed by atoms with van der Waals surface area (Å²) in [4.78, 5) is 28.6. The number of carbonyl (C=O) groups is 2. The molecule has 1 aliphatic carbocycles. The highest BCUT2D eigenvalue weighted by molar-refractivity contribution is 5.81. The van der Waals surface area contributed by atoms with Crippen LogP contribution in [0.25, 0.3) is 0 Å². The summed E-state index contributed by atoms with van der Waals surface area (Å²) in [6.45, 7) is 3.07. The van der Waals surface area contributed by atoms with Crippen LogP contribution < -0.4 is 0 Å². The summed E-state index contributed by atoms with van der Waals surface area (Å²) < 4.78 is 5.33. The number of likely N-dealkylation sites (tertiary alicyclic amines) is 2. The van der Waals surface area contributed by atoms with Gasteiger partial charge in [0.1, 0.15) is 0 Å². The molecule has 0 radical (unpaired) electrons. The SMILES string of the molecule is CO[C@H]1CCN(C(=O)C2CCN(C(=O)C3CCC3)CC2)C1. The number of carbonyl (C=O) groups excluding carboxylic acids is 2. The van der Waals surface area contributed by atoms with Gasteiger partial charge >= 0.3 is 0 Å². The largest absolute Gasteiger partial charge is 0.380 e. The van der Waals surface area contributed by atoms with Gasteiger partial charge in [0.15, 0.2) is 0 Å². The average molecular weight is 294 g/mol. The quantitative estimate of drug-likeness (QED) is 0.787. The molecule has 0 aromatic rings. The lowest BCUT2D eigenvalue weighted by atomic mass is 9.83. The van der Waals surface area contributed by atoms with E-state index in [1.807, 2.05) is 9.80 Å². The molecule has 1 saturated carbocycles. The Morgan fingerprint density at radius 1 is 0.857 bits per heavy atom. The third-order valence-corrected chi connectivity index (χ3v) is 5.40. The van der Waals surface area contributed by atoms with Crippen molar-refractivity contribution < 1.29 is 14.3 Å². The smallest absolute Gasteiger partial charge is 0.225 e. The molecule has 1 atom stereocenters. The van der Waals surface area contributed by atoms with Gasteiger partial charge in [-0.2, -0.15) is 0 Å². The van der Waals surface area contributed by atoms with E-state index in [1.54, 1.807) is 7.11 Å². The Morgan fingerprint density at radius 3 is 1.95 bits per heavy atom. The van der Waals surface area contributed by atoms with Crippen molar-refractivity contribution >= 4 is 11.8 Å². The molecule has 2 aliphatic heterocycles. The Morgan fingerprint density at radius 2 is 1.43 bits per heavy atom. The monoisotopic (exact) mass is 294 g/mol. The molecule has 0 unspecified atom stereocenters. The molecule has 5 heteroatoms. The summed E-state index contributed by atoms with van der Waals surface area (Å²) in [5.74, 6) is 0.974. The van der Waals surface area contributed by atoms with Crippen LogP contribution in [0.4, 0.5) is 0 Å². The highest BCUT2D eigenvalue weighted by Crippen LogP contribution is 2.30. The second kappa shape index (κ2) is 6.34. The molecule has 3 rings (SSSR count). The van der Waals surface area contributed by atoms with Crippen molar-refractivity contribution in [2.24, 2.45) is 11.8 Å². The molecular weight excluding hydrogens is 268 g/mol. The summed E-state index contributed by atoms with van der Waals surface area (Å²) >= 11 is 0. The van der Waals surface area contributed by atoms with Crippen molar-refractivity contribution in [1.82, 2.24) is 9.80 Å². The first kappa shape index (κ1) is 14.8. The Labute approximate surface area is 126 Å². The van der Waals surface area contributed by atoms with Gasteiger partial charge in [-0.25, -0.2) is 0 Å². The van der Waals surface area contributed by atoms with E-state index in [9.17, 15) is 9.59 Å². The van der Waals surface area contributed by atoms with E-state index in [1.165, 1.54) is 6.42 Å². The van der Waals surface area contributed by atoms with E-state index in [0.29, 0.717) is 5.91 Å². The Balaban J connectivity index is 1.46. The van der Waals surface area contributed by atoms with E-state index < -0.39 is 0 Å². The van der Waals surface area contributed by atoms with E-state index in [0.717, 1.165) is 58.3 Å². The zero-order valence-electron chi connectivity index (χ0n) is 12.9. The summed E-state index contributed by atoms with van der Waals surface area (Å²) in [6, 6.07) is 0.